The number of nitrogens with zero attached hydrogens (tertiary/aromatic N) is 1. The maximum atomic E-state index is 11.7. The molecule has 0 spiro atoms. The lowest BCUT2D eigenvalue weighted by Crippen LogP contribution is -2.43. The topological polar surface area (TPSA) is 44.4 Å². The summed E-state index contributed by atoms with van der Waals surface area (Å²) in [5.74, 6) is 0. The summed E-state index contributed by atoms with van der Waals surface area (Å²) in [4.78, 5) is 11.7. The minimum absolute atomic E-state index is 0.113. The van der Waals surface area contributed by atoms with E-state index in [1.165, 1.54) is 0 Å². The van der Waals surface area contributed by atoms with E-state index >= 15 is 0 Å². The molecule has 1 aliphatic rings. The minimum Gasteiger partial charge on any atom is -0.335 e. The van der Waals surface area contributed by atoms with E-state index in [4.69, 9.17) is 0 Å². The third-order valence-corrected chi connectivity index (χ3v) is 3.41. The van der Waals surface area contributed by atoms with E-state index in [0.717, 1.165) is 31.6 Å². The van der Waals surface area contributed by atoms with Gasteiger partial charge in [0.05, 0.1) is 0 Å². The van der Waals surface area contributed by atoms with Crippen molar-refractivity contribution in [1.82, 2.24) is 9.99 Å². The van der Waals surface area contributed by atoms with Crippen molar-refractivity contribution >= 4 is 21.1 Å². The Hall–Kier alpha value is -1.12. The SMILES string of the molecule is O=C(Nc1ccccc1)NC1CCN(P)CC1. The van der Waals surface area contributed by atoms with Gasteiger partial charge in [0, 0.05) is 24.8 Å². The van der Waals surface area contributed by atoms with Crippen LogP contribution in [0.1, 0.15) is 12.8 Å². The molecule has 1 atom stereocenters. The molecule has 1 heterocycles. The number of rotatable bonds is 2. The fourth-order valence-corrected chi connectivity index (χ4v) is 2.22. The smallest absolute Gasteiger partial charge is 0.319 e. The summed E-state index contributed by atoms with van der Waals surface area (Å²) in [6.07, 6.45) is 2.01. The van der Waals surface area contributed by atoms with Crippen LogP contribution < -0.4 is 10.6 Å². The van der Waals surface area contributed by atoms with Gasteiger partial charge in [-0.15, -0.1) is 0 Å². The first kappa shape index (κ1) is 12.3. The Morgan fingerprint density at radius 1 is 1.24 bits per heavy atom. The van der Waals surface area contributed by atoms with Crippen molar-refractivity contribution in [3.05, 3.63) is 30.3 Å². The predicted molar refractivity (Wildman–Crippen MR) is 72.9 cm³/mol. The summed E-state index contributed by atoms with van der Waals surface area (Å²) in [6, 6.07) is 9.67. The molecular formula is C12H18N3OP. The second kappa shape index (κ2) is 5.99. The molecule has 1 unspecified atom stereocenters. The maximum absolute atomic E-state index is 11.7. The Labute approximate surface area is 104 Å². The van der Waals surface area contributed by atoms with Crippen LogP contribution in [0, 0.1) is 0 Å². The lowest BCUT2D eigenvalue weighted by molar-refractivity contribution is 0.240. The average Bonchev–Trinajstić information content (AvgIpc) is 2.33. The molecule has 1 fully saturated rings. The van der Waals surface area contributed by atoms with Crippen LogP contribution in [-0.4, -0.2) is 29.8 Å². The third kappa shape index (κ3) is 3.99. The second-order valence-electron chi connectivity index (χ2n) is 4.27. The van der Waals surface area contributed by atoms with Crippen LogP contribution in [0.4, 0.5) is 10.5 Å². The molecule has 1 aromatic rings. The highest BCUT2D eigenvalue weighted by molar-refractivity contribution is 7.13. The highest BCUT2D eigenvalue weighted by atomic mass is 31.0. The van der Waals surface area contributed by atoms with Crippen molar-refractivity contribution in [3.63, 3.8) is 0 Å². The van der Waals surface area contributed by atoms with Gasteiger partial charge in [-0.25, -0.2) is 4.79 Å². The number of para-hydroxylation sites is 1. The number of hydrogen-bond donors (Lipinski definition) is 2. The molecule has 1 saturated heterocycles. The second-order valence-corrected chi connectivity index (χ2v) is 5.01. The highest BCUT2D eigenvalue weighted by Gasteiger charge is 2.18. The normalized spacial score (nSPS) is 17.7. The number of anilines is 1. The Morgan fingerprint density at radius 3 is 2.53 bits per heavy atom. The molecule has 17 heavy (non-hydrogen) atoms. The molecular weight excluding hydrogens is 233 g/mol. The third-order valence-electron chi connectivity index (χ3n) is 2.90. The summed E-state index contributed by atoms with van der Waals surface area (Å²) < 4.78 is 2.20. The van der Waals surface area contributed by atoms with Crippen molar-refractivity contribution in [2.45, 2.75) is 18.9 Å². The van der Waals surface area contributed by atoms with Crippen LogP contribution in [0.15, 0.2) is 30.3 Å². The van der Waals surface area contributed by atoms with Crippen LogP contribution in [0.2, 0.25) is 0 Å². The van der Waals surface area contributed by atoms with Gasteiger partial charge in [-0.05, 0) is 25.0 Å². The molecule has 0 saturated carbocycles. The minimum atomic E-state index is -0.113. The van der Waals surface area contributed by atoms with Crippen LogP contribution in [-0.2, 0) is 0 Å². The van der Waals surface area contributed by atoms with Gasteiger partial charge in [0.25, 0.3) is 0 Å². The van der Waals surface area contributed by atoms with Crippen molar-refractivity contribution in [1.29, 1.82) is 0 Å². The zero-order valence-electron chi connectivity index (χ0n) is 9.73. The summed E-state index contributed by atoms with van der Waals surface area (Å²) in [5.41, 5.74) is 0.827. The molecule has 4 nitrogen and oxygen atoms in total. The quantitative estimate of drug-likeness (QED) is 0.790. The number of nitrogens with one attached hydrogen (secondary N) is 2. The van der Waals surface area contributed by atoms with Gasteiger partial charge < -0.3 is 10.6 Å². The lowest BCUT2D eigenvalue weighted by atomic mass is 10.1. The van der Waals surface area contributed by atoms with Gasteiger partial charge in [-0.3, -0.25) is 4.67 Å². The van der Waals surface area contributed by atoms with Crippen molar-refractivity contribution in [3.8, 4) is 0 Å². The Bertz CT molecular complexity index is 363. The first-order valence-electron chi connectivity index (χ1n) is 5.86. The monoisotopic (exact) mass is 251 g/mol. The van der Waals surface area contributed by atoms with Gasteiger partial charge in [0.2, 0.25) is 0 Å². The van der Waals surface area contributed by atoms with Crippen LogP contribution in [0.3, 0.4) is 0 Å². The predicted octanol–water partition coefficient (Wildman–Crippen LogP) is 2.06. The summed E-state index contributed by atoms with van der Waals surface area (Å²) in [7, 11) is 2.70. The number of amides is 2. The van der Waals surface area contributed by atoms with Crippen LogP contribution in [0.5, 0.6) is 0 Å². The largest absolute Gasteiger partial charge is 0.335 e. The molecule has 1 aromatic carbocycles. The van der Waals surface area contributed by atoms with E-state index in [9.17, 15) is 4.79 Å². The fourth-order valence-electron chi connectivity index (χ4n) is 1.92. The van der Waals surface area contributed by atoms with Crippen LogP contribution >= 0.6 is 9.39 Å². The molecule has 0 aliphatic carbocycles. The molecule has 0 radical (unpaired) electrons. The number of hydrogen-bond acceptors (Lipinski definition) is 2. The van der Waals surface area contributed by atoms with Gasteiger partial charge in [-0.1, -0.05) is 27.6 Å². The maximum Gasteiger partial charge on any atom is 0.319 e. The molecule has 2 amide bonds. The van der Waals surface area contributed by atoms with E-state index in [1.807, 2.05) is 30.3 Å². The summed E-state index contributed by atoms with van der Waals surface area (Å²) >= 11 is 0. The van der Waals surface area contributed by atoms with E-state index in [1.54, 1.807) is 0 Å². The van der Waals surface area contributed by atoms with E-state index in [0.29, 0.717) is 0 Å². The van der Waals surface area contributed by atoms with Gasteiger partial charge >= 0.3 is 6.03 Å². The number of piperidine rings is 1. The molecule has 2 rings (SSSR count). The Morgan fingerprint density at radius 2 is 1.88 bits per heavy atom. The van der Waals surface area contributed by atoms with Gasteiger partial charge in [0.15, 0.2) is 0 Å². The molecule has 0 bridgehead atoms. The zero-order chi connectivity index (χ0) is 12.1. The highest BCUT2D eigenvalue weighted by Crippen LogP contribution is 2.13. The Kier molecular flexibility index (Phi) is 4.35. The molecule has 92 valence electrons. The standard InChI is InChI=1S/C12H18N3OP/c16-12(13-10-4-2-1-3-5-10)14-11-6-8-15(17)9-7-11/h1-5,11H,6-9,17H2,(H2,13,14,16). The number of benzene rings is 1. The van der Waals surface area contributed by atoms with Crippen molar-refractivity contribution in [2.75, 3.05) is 18.4 Å². The summed E-state index contributed by atoms with van der Waals surface area (Å²) in [6.45, 7) is 2.03. The summed E-state index contributed by atoms with van der Waals surface area (Å²) in [5, 5.41) is 5.83. The fraction of sp³-hybridized carbons (Fsp3) is 0.417. The molecule has 1 aliphatic heterocycles. The Balaban J connectivity index is 1.78. The first-order chi connectivity index (χ1) is 8.24. The van der Waals surface area contributed by atoms with E-state index in [-0.39, 0.29) is 12.1 Å². The average molecular weight is 251 g/mol. The first-order valence-corrected chi connectivity index (χ1v) is 6.38. The molecule has 0 aromatic heterocycles. The molecule has 5 heteroatoms. The lowest BCUT2D eigenvalue weighted by Gasteiger charge is -2.29. The van der Waals surface area contributed by atoms with E-state index in [2.05, 4.69) is 24.7 Å². The van der Waals surface area contributed by atoms with Crippen molar-refractivity contribution in [2.24, 2.45) is 0 Å². The van der Waals surface area contributed by atoms with Crippen LogP contribution in [0.25, 0.3) is 0 Å². The number of carbonyl (C=O) groups is 1. The van der Waals surface area contributed by atoms with E-state index < -0.39 is 0 Å². The van der Waals surface area contributed by atoms with Crippen molar-refractivity contribution < 1.29 is 4.79 Å². The van der Waals surface area contributed by atoms with Gasteiger partial charge in [0.1, 0.15) is 0 Å². The molecule has 2 N–H and O–H groups in total. The number of carbonyl (C=O) groups excluding carboxylic acids is 1. The zero-order valence-corrected chi connectivity index (χ0v) is 10.9. The van der Waals surface area contributed by atoms with Gasteiger partial charge in [-0.2, -0.15) is 0 Å². The number of urea groups is 1.